The van der Waals surface area contributed by atoms with E-state index >= 15 is 0 Å². The molecular formula is C14H18ClNO4S. The van der Waals surface area contributed by atoms with E-state index in [0.29, 0.717) is 49.7 Å². The number of hydrogen-bond acceptors (Lipinski definition) is 4. The first-order chi connectivity index (χ1) is 10.0. The first-order valence-corrected chi connectivity index (χ1v) is 8.99. The topological polar surface area (TPSA) is 55.8 Å². The average Bonchev–Trinajstić information content (AvgIpc) is 2.90. The van der Waals surface area contributed by atoms with Crippen molar-refractivity contribution in [2.75, 3.05) is 26.3 Å². The Morgan fingerprint density at radius 1 is 1.14 bits per heavy atom. The highest BCUT2D eigenvalue weighted by molar-refractivity contribution is 7.88. The molecule has 2 aliphatic rings. The maximum Gasteiger partial charge on any atom is 0.218 e. The van der Waals surface area contributed by atoms with Crippen LogP contribution in [0.4, 0.5) is 0 Å². The van der Waals surface area contributed by atoms with Crippen molar-refractivity contribution in [1.82, 2.24) is 4.31 Å². The smallest absolute Gasteiger partial charge is 0.218 e. The molecule has 0 atom stereocenters. The van der Waals surface area contributed by atoms with Gasteiger partial charge in [0, 0.05) is 31.0 Å². The average molecular weight is 332 g/mol. The summed E-state index contributed by atoms with van der Waals surface area (Å²) < 4.78 is 37.7. The molecule has 1 aromatic carbocycles. The summed E-state index contributed by atoms with van der Waals surface area (Å²) in [7, 11) is -3.37. The van der Waals surface area contributed by atoms with E-state index in [2.05, 4.69) is 0 Å². The predicted octanol–water partition coefficient (Wildman–Crippen LogP) is 2.01. The fourth-order valence-electron chi connectivity index (χ4n) is 2.79. The van der Waals surface area contributed by atoms with Crippen LogP contribution in [0.5, 0.6) is 0 Å². The van der Waals surface area contributed by atoms with E-state index in [4.69, 9.17) is 21.1 Å². The largest absolute Gasteiger partial charge is 0.347 e. The summed E-state index contributed by atoms with van der Waals surface area (Å²) in [4.78, 5) is 0. The summed E-state index contributed by atoms with van der Waals surface area (Å²) in [5.41, 5.74) is 0.632. The van der Waals surface area contributed by atoms with Gasteiger partial charge in [-0.3, -0.25) is 0 Å². The van der Waals surface area contributed by atoms with Crippen molar-refractivity contribution < 1.29 is 17.9 Å². The Balaban J connectivity index is 1.68. The molecule has 21 heavy (non-hydrogen) atoms. The Kier molecular flexibility index (Phi) is 4.25. The van der Waals surface area contributed by atoms with E-state index in [-0.39, 0.29) is 5.75 Å². The van der Waals surface area contributed by atoms with Gasteiger partial charge in [0.25, 0.3) is 0 Å². The second-order valence-electron chi connectivity index (χ2n) is 5.35. The van der Waals surface area contributed by atoms with Gasteiger partial charge in [-0.15, -0.1) is 0 Å². The summed E-state index contributed by atoms with van der Waals surface area (Å²) in [6.45, 7) is 2.03. The Labute approximate surface area is 129 Å². The van der Waals surface area contributed by atoms with Crippen LogP contribution in [0.15, 0.2) is 24.3 Å². The van der Waals surface area contributed by atoms with Gasteiger partial charge in [-0.05, 0) is 11.6 Å². The molecule has 0 N–H and O–H groups in total. The summed E-state index contributed by atoms with van der Waals surface area (Å²) >= 11 is 6.04. The second-order valence-corrected chi connectivity index (χ2v) is 7.73. The van der Waals surface area contributed by atoms with E-state index < -0.39 is 15.8 Å². The molecule has 1 spiro atoms. The van der Waals surface area contributed by atoms with E-state index in [1.54, 1.807) is 24.3 Å². The van der Waals surface area contributed by atoms with Gasteiger partial charge in [0.05, 0.1) is 19.0 Å². The quantitative estimate of drug-likeness (QED) is 0.850. The summed E-state index contributed by atoms with van der Waals surface area (Å²) in [5, 5.41) is 0.483. The van der Waals surface area contributed by atoms with Gasteiger partial charge in [0.15, 0.2) is 5.79 Å². The van der Waals surface area contributed by atoms with Gasteiger partial charge < -0.3 is 9.47 Å². The lowest BCUT2D eigenvalue weighted by Gasteiger charge is -2.36. The van der Waals surface area contributed by atoms with E-state index in [9.17, 15) is 8.42 Å². The van der Waals surface area contributed by atoms with Crippen molar-refractivity contribution in [3.63, 3.8) is 0 Å². The van der Waals surface area contributed by atoms with Crippen molar-refractivity contribution in [3.8, 4) is 0 Å². The third-order valence-corrected chi connectivity index (χ3v) is 6.18. The number of rotatable bonds is 3. The molecule has 0 bridgehead atoms. The van der Waals surface area contributed by atoms with Crippen LogP contribution in [0.3, 0.4) is 0 Å². The third kappa shape index (κ3) is 3.24. The molecule has 0 aromatic heterocycles. The number of halogens is 1. The van der Waals surface area contributed by atoms with Gasteiger partial charge in [-0.1, -0.05) is 29.8 Å². The van der Waals surface area contributed by atoms with Crippen molar-refractivity contribution in [1.29, 1.82) is 0 Å². The van der Waals surface area contributed by atoms with E-state index in [1.165, 1.54) is 4.31 Å². The molecule has 0 radical (unpaired) electrons. The van der Waals surface area contributed by atoms with Gasteiger partial charge in [0.2, 0.25) is 10.0 Å². The number of sulfonamides is 1. The zero-order valence-electron chi connectivity index (χ0n) is 11.6. The highest BCUT2D eigenvalue weighted by Crippen LogP contribution is 2.33. The number of piperidine rings is 1. The molecule has 1 aromatic rings. The van der Waals surface area contributed by atoms with Gasteiger partial charge in [-0.2, -0.15) is 0 Å². The minimum Gasteiger partial charge on any atom is -0.347 e. The molecule has 0 saturated carbocycles. The van der Waals surface area contributed by atoms with Crippen LogP contribution in [0.2, 0.25) is 5.02 Å². The maximum atomic E-state index is 12.5. The van der Waals surface area contributed by atoms with Crippen LogP contribution in [0.25, 0.3) is 0 Å². The molecule has 2 aliphatic heterocycles. The first-order valence-electron chi connectivity index (χ1n) is 7.00. The van der Waals surface area contributed by atoms with Crippen LogP contribution in [0.1, 0.15) is 18.4 Å². The molecule has 116 valence electrons. The molecule has 2 fully saturated rings. The van der Waals surface area contributed by atoms with Crippen LogP contribution >= 0.6 is 11.6 Å². The zero-order valence-corrected chi connectivity index (χ0v) is 13.2. The Morgan fingerprint density at radius 3 is 2.38 bits per heavy atom. The van der Waals surface area contributed by atoms with Crippen LogP contribution in [-0.2, 0) is 25.2 Å². The van der Waals surface area contributed by atoms with Crippen molar-refractivity contribution >= 4 is 21.6 Å². The standard InChI is InChI=1S/C14H18ClNO4S/c15-13-4-2-1-3-12(13)11-21(17,18)16-7-5-14(6-8-16)19-9-10-20-14/h1-4H,5-11H2. The maximum absolute atomic E-state index is 12.5. The normalized spacial score (nSPS) is 22.7. The van der Waals surface area contributed by atoms with Crippen LogP contribution in [0, 0.1) is 0 Å². The van der Waals surface area contributed by atoms with E-state index in [1.807, 2.05) is 0 Å². The fourth-order valence-corrected chi connectivity index (χ4v) is 4.64. The predicted molar refractivity (Wildman–Crippen MR) is 79.5 cm³/mol. The van der Waals surface area contributed by atoms with Gasteiger partial charge in [0.1, 0.15) is 0 Å². The molecule has 0 amide bonds. The number of ether oxygens (including phenoxy) is 2. The fraction of sp³-hybridized carbons (Fsp3) is 0.571. The van der Waals surface area contributed by atoms with Crippen LogP contribution < -0.4 is 0 Å². The Hall–Kier alpha value is -0.660. The Morgan fingerprint density at radius 2 is 1.76 bits per heavy atom. The molecule has 5 nitrogen and oxygen atoms in total. The molecule has 0 aliphatic carbocycles. The molecule has 7 heteroatoms. The lowest BCUT2D eigenvalue weighted by molar-refractivity contribution is -0.179. The second kappa shape index (κ2) is 5.85. The lowest BCUT2D eigenvalue weighted by atomic mass is 10.1. The number of hydrogen-bond donors (Lipinski definition) is 0. The molecule has 2 saturated heterocycles. The van der Waals surface area contributed by atoms with Gasteiger partial charge >= 0.3 is 0 Å². The first kappa shape index (κ1) is 15.2. The summed E-state index contributed by atoms with van der Waals surface area (Å²) in [6, 6.07) is 7.03. The SMILES string of the molecule is O=S(=O)(Cc1ccccc1Cl)N1CCC2(CC1)OCCO2. The molecule has 2 heterocycles. The lowest BCUT2D eigenvalue weighted by Crippen LogP contribution is -2.47. The van der Waals surface area contributed by atoms with Crippen molar-refractivity contribution in [2.45, 2.75) is 24.4 Å². The zero-order chi connectivity index (χ0) is 14.9. The monoisotopic (exact) mass is 331 g/mol. The highest BCUT2D eigenvalue weighted by Gasteiger charge is 2.42. The van der Waals surface area contributed by atoms with Gasteiger partial charge in [-0.25, -0.2) is 12.7 Å². The highest BCUT2D eigenvalue weighted by atomic mass is 35.5. The van der Waals surface area contributed by atoms with Crippen LogP contribution in [-0.4, -0.2) is 44.8 Å². The minimum atomic E-state index is -3.37. The van der Waals surface area contributed by atoms with E-state index in [0.717, 1.165) is 0 Å². The van der Waals surface area contributed by atoms with Crippen molar-refractivity contribution in [2.24, 2.45) is 0 Å². The summed E-state index contributed by atoms with van der Waals surface area (Å²) in [6.07, 6.45) is 1.16. The molecule has 0 unspecified atom stereocenters. The Bertz CT molecular complexity index is 603. The summed E-state index contributed by atoms with van der Waals surface area (Å²) in [5.74, 6) is -0.627. The third-order valence-electron chi connectivity index (χ3n) is 3.99. The number of nitrogens with zero attached hydrogens (tertiary/aromatic N) is 1. The minimum absolute atomic E-state index is 0.0681. The van der Waals surface area contributed by atoms with Crippen molar-refractivity contribution in [3.05, 3.63) is 34.9 Å². The molecular weight excluding hydrogens is 314 g/mol. The number of benzene rings is 1. The molecule has 3 rings (SSSR count).